The molecule has 0 bridgehead atoms. The van der Waals surface area contributed by atoms with Crippen molar-refractivity contribution in [1.82, 2.24) is 14.8 Å². The van der Waals surface area contributed by atoms with E-state index in [0.29, 0.717) is 23.2 Å². The molecule has 0 aliphatic carbocycles. The highest BCUT2D eigenvalue weighted by molar-refractivity contribution is 7.99. The molecule has 2 aromatic carbocycles. The van der Waals surface area contributed by atoms with Crippen molar-refractivity contribution in [3.63, 3.8) is 0 Å². The summed E-state index contributed by atoms with van der Waals surface area (Å²) < 4.78 is 45.8. The number of aromatic nitrogens is 3. The van der Waals surface area contributed by atoms with Gasteiger partial charge in [-0.1, -0.05) is 58.7 Å². The fourth-order valence-electron chi connectivity index (χ4n) is 2.69. The number of anilines is 1. The predicted octanol–water partition coefficient (Wildman–Crippen LogP) is 6.75. The van der Waals surface area contributed by atoms with Crippen molar-refractivity contribution >= 4 is 58.2 Å². The molecule has 0 spiro atoms. The van der Waals surface area contributed by atoms with Crippen LogP contribution in [0.1, 0.15) is 11.4 Å². The predicted molar refractivity (Wildman–Crippen MR) is 127 cm³/mol. The first kappa shape index (κ1) is 26.2. The molecule has 1 N–H and O–H groups in total. The van der Waals surface area contributed by atoms with Gasteiger partial charge < -0.3 is 10.1 Å². The number of carbonyl (C=O) groups excluding carboxylic acids is 1. The van der Waals surface area contributed by atoms with Gasteiger partial charge in [-0.05, 0) is 30.3 Å². The number of amides is 1. The second-order valence-electron chi connectivity index (χ2n) is 6.70. The van der Waals surface area contributed by atoms with E-state index in [1.165, 1.54) is 24.3 Å². The summed E-state index contributed by atoms with van der Waals surface area (Å²) in [5.41, 5.74) is -0.508. The number of hydrogen-bond donors (Lipinski definition) is 1. The molecule has 1 aromatic heterocycles. The van der Waals surface area contributed by atoms with Crippen molar-refractivity contribution in [2.24, 2.45) is 0 Å². The number of hydrogen-bond acceptors (Lipinski definition) is 5. The lowest BCUT2D eigenvalue weighted by Crippen LogP contribution is -2.15. The first-order valence-corrected chi connectivity index (χ1v) is 11.6. The Hall–Kier alpha value is -2.40. The van der Waals surface area contributed by atoms with Gasteiger partial charge in [0.1, 0.15) is 12.4 Å². The van der Waals surface area contributed by atoms with Gasteiger partial charge in [0.2, 0.25) is 5.91 Å². The van der Waals surface area contributed by atoms with Gasteiger partial charge in [0, 0.05) is 6.54 Å². The molecule has 0 unspecified atom stereocenters. The Morgan fingerprint density at radius 1 is 1.15 bits per heavy atom. The normalized spacial score (nSPS) is 11.4. The summed E-state index contributed by atoms with van der Waals surface area (Å²) in [5.74, 6) is -0.0108. The zero-order valence-electron chi connectivity index (χ0n) is 17.2. The Morgan fingerprint density at radius 3 is 2.59 bits per heavy atom. The van der Waals surface area contributed by atoms with Crippen LogP contribution in [0.3, 0.4) is 0 Å². The zero-order chi connectivity index (χ0) is 24.9. The molecule has 1 heterocycles. The molecule has 3 aromatic rings. The van der Waals surface area contributed by atoms with Crippen LogP contribution in [-0.2, 0) is 24.1 Å². The van der Waals surface area contributed by atoms with E-state index >= 15 is 0 Å². The van der Waals surface area contributed by atoms with Gasteiger partial charge in [-0.25, -0.2) is 0 Å². The summed E-state index contributed by atoms with van der Waals surface area (Å²) in [6.45, 7) is 3.85. The maximum Gasteiger partial charge on any atom is 0.416 e. The number of halogens is 6. The van der Waals surface area contributed by atoms with Crippen molar-refractivity contribution in [3.8, 4) is 5.75 Å². The Balaban J connectivity index is 1.65. The highest BCUT2D eigenvalue weighted by Gasteiger charge is 2.30. The number of benzene rings is 2. The number of carbonyl (C=O) groups is 1. The highest BCUT2D eigenvalue weighted by Crippen LogP contribution is 2.33. The molecule has 1 amide bonds. The van der Waals surface area contributed by atoms with Gasteiger partial charge >= 0.3 is 6.18 Å². The summed E-state index contributed by atoms with van der Waals surface area (Å²) in [6, 6.07) is 7.40. The Morgan fingerprint density at radius 2 is 1.88 bits per heavy atom. The average Bonchev–Trinajstić information content (AvgIpc) is 3.16. The number of nitrogens with one attached hydrogen (secondary N) is 1. The molecule has 6 nitrogen and oxygen atoms in total. The largest absolute Gasteiger partial charge is 0.486 e. The second kappa shape index (κ2) is 11.4. The Kier molecular flexibility index (Phi) is 8.75. The molecule has 180 valence electrons. The summed E-state index contributed by atoms with van der Waals surface area (Å²) in [6.07, 6.45) is -2.88. The molecule has 0 fully saturated rings. The molecule has 3 rings (SSSR count). The van der Waals surface area contributed by atoms with E-state index in [-0.39, 0.29) is 39.1 Å². The van der Waals surface area contributed by atoms with Crippen LogP contribution in [-0.4, -0.2) is 26.4 Å². The number of nitrogens with zero attached hydrogens (tertiary/aromatic N) is 3. The van der Waals surface area contributed by atoms with Crippen molar-refractivity contribution in [2.75, 3.05) is 11.1 Å². The molecular weight excluding hydrogens is 536 g/mol. The van der Waals surface area contributed by atoms with Crippen molar-refractivity contribution in [3.05, 3.63) is 75.5 Å². The minimum absolute atomic E-state index is 0.0274. The standard InChI is InChI=1S/C21H16Cl3F3N4O2S/c1-2-6-31-18(10-33-13-5-3-4-12(7-13)21(25,26)27)29-30-20(31)34-11-19(32)28-17-9-15(23)14(22)8-16(17)24/h2-5,7-9H,1,6,10-11H2,(H,28,32). The topological polar surface area (TPSA) is 69.0 Å². The molecule has 0 saturated carbocycles. The molecular formula is C21H16Cl3F3N4O2S. The molecule has 0 aliphatic rings. The minimum Gasteiger partial charge on any atom is -0.486 e. The number of thioether (sulfide) groups is 1. The lowest BCUT2D eigenvalue weighted by molar-refractivity contribution is -0.137. The van der Waals surface area contributed by atoms with Gasteiger partial charge in [0.05, 0.1) is 32.1 Å². The van der Waals surface area contributed by atoms with E-state index in [1.807, 2.05) is 0 Å². The molecule has 0 atom stereocenters. The lowest BCUT2D eigenvalue weighted by atomic mass is 10.2. The number of ether oxygens (including phenoxy) is 1. The van der Waals surface area contributed by atoms with Crippen LogP contribution in [0.5, 0.6) is 5.75 Å². The van der Waals surface area contributed by atoms with E-state index in [2.05, 4.69) is 22.1 Å². The van der Waals surface area contributed by atoms with Crippen molar-refractivity contribution in [1.29, 1.82) is 0 Å². The first-order valence-electron chi connectivity index (χ1n) is 9.48. The van der Waals surface area contributed by atoms with Crippen LogP contribution in [0.25, 0.3) is 0 Å². The fraction of sp³-hybridized carbons (Fsp3) is 0.190. The van der Waals surface area contributed by atoms with Gasteiger partial charge in [0.15, 0.2) is 11.0 Å². The van der Waals surface area contributed by atoms with Gasteiger partial charge in [-0.2, -0.15) is 13.2 Å². The maximum absolute atomic E-state index is 12.9. The van der Waals surface area contributed by atoms with E-state index < -0.39 is 11.7 Å². The Bertz CT molecular complexity index is 1200. The average molecular weight is 552 g/mol. The molecule has 0 radical (unpaired) electrons. The second-order valence-corrected chi connectivity index (χ2v) is 8.86. The van der Waals surface area contributed by atoms with Crippen LogP contribution in [0, 0.1) is 0 Å². The van der Waals surface area contributed by atoms with Crippen LogP contribution >= 0.6 is 46.6 Å². The molecule has 0 aliphatic heterocycles. The summed E-state index contributed by atoms with van der Waals surface area (Å²) in [4.78, 5) is 12.4. The smallest absolute Gasteiger partial charge is 0.416 e. The lowest BCUT2D eigenvalue weighted by Gasteiger charge is -2.11. The van der Waals surface area contributed by atoms with E-state index in [1.54, 1.807) is 10.6 Å². The van der Waals surface area contributed by atoms with Gasteiger partial charge in [-0.3, -0.25) is 9.36 Å². The molecule has 34 heavy (non-hydrogen) atoms. The summed E-state index contributed by atoms with van der Waals surface area (Å²) in [7, 11) is 0. The first-order chi connectivity index (χ1) is 16.1. The SMILES string of the molecule is C=CCn1c(COc2cccc(C(F)(F)F)c2)nnc1SCC(=O)Nc1cc(Cl)c(Cl)cc1Cl. The minimum atomic E-state index is -4.48. The maximum atomic E-state index is 12.9. The third-order valence-corrected chi connectivity index (χ3v) is 6.25. The number of allylic oxidation sites excluding steroid dienone is 1. The number of alkyl halides is 3. The van der Waals surface area contributed by atoms with E-state index in [4.69, 9.17) is 39.5 Å². The van der Waals surface area contributed by atoms with Crippen molar-refractivity contribution < 1.29 is 22.7 Å². The summed E-state index contributed by atoms with van der Waals surface area (Å²) in [5, 5.41) is 11.9. The molecule has 13 heteroatoms. The monoisotopic (exact) mass is 550 g/mol. The van der Waals surface area contributed by atoms with Crippen LogP contribution in [0.2, 0.25) is 15.1 Å². The zero-order valence-corrected chi connectivity index (χ0v) is 20.3. The summed E-state index contributed by atoms with van der Waals surface area (Å²) >= 11 is 19.0. The van der Waals surface area contributed by atoms with Gasteiger partial charge in [-0.15, -0.1) is 16.8 Å². The fourth-order valence-corrected chi connectivity index (χ4v) is 4.05. The van der Waals surface area contributed by atoms with Crippen LogP contribution < -0.4 is 10.1 Å². The molecule has 0 saturated heterocycles. The quantitative estimate of drug-likeness (QED) is 0.181. The third kappa shape index (κ3) is 6.82. The number of rotatable bonds is 9. The Labute approximate surface area is 212 Å². The van der Waals surface area contributed by atoms with Crippen LogP contribution in [0.15, 0.2) is 54.2 Å². The van der Waals surface area contributed by atoms with Crippen molar-refractivity contribution in [2.45, 2.75) is 24.5 Å². The highest BCUT2D eigenvalue weighted by atomic mass is 35.5. The van der Waals surface area contributed by atoms with Crippen LogP contribution in [0.4, 0.5) is 18.9 Å². The van der Waals surface area contributed by atoms with E-state index in [0.717, 1.165) is 23.9 Å². The third-order valence-electron chi connectivity index (χ3n) is 4.25. The van der Waals surface area contributed by atoms with E-state index in [9.17, 15) is 18.0 Å². The van der Waals surface area contributed by atoms with Gasteiger partial charge in [0.25, 0.3) is 0 Å².